The Balaban J connectivity index is 1.82. The van der Waals surface area contributed by atoms with Crippen LogP contribution in [0, 0.1) is 0 Å². The Kier molecular flexibility index (Phi) is 3.66. The van der Waals surface area contributed by atoms with Crippen LogP contribution in [-0.2, 0) is 0 Å². The Morgan fingerprint density at radius 3 is 2.76 bits per heavy atom. The van der Waals surface area contributed by atoms with E-state index in [1.54, 1.807) is 24.3 Å². The van der Waals surface area contributed by atoms with Crippen LogP contribution < -0.4 is 5.32 Å². The maximum absolute atomic E-state index is 12.2. The molecule has 0 aliphatic carbocycles. The van der Waals surface area contributed by atoms with Gasteiger partial charge in [0.25, 0.3) is 5.91 Å². The van der Waals surface area contributed by atoms with Crippen LogP contribution >= 0.6 is 11.6 Å². The number of nitrogens with zero attached hydrogens (tertiary/aromatic N) is 2. The Bertz CT molecular complexity index is 771. The third kappa shape index (κ3) is 3.09. The SMILES string of the molecule is O=C(Nc1cccc(-c2ncn[nH]2)c1)c1cccc(Cl)c1. The molecule has 0 aliphatic heterocycles. The first kappa shape index (κ1) is 13.3. The lowest BCUT2D eigenvalue weighted by Gasteiger charge is -2.06. The first-order chi connectivity index (χ1) is 10.2. The molecule has 2 N–H and O–H groups in total. The third-order valence-corrected chi connectivity index (χ3v) is 3.13. The highest BCUT2D eigenvalue weighted by atomic mass is 35.5. The molecule has 5 nitrogen and oxygen atoms in total. The Labute approximate surface area is 126 Å². The van der Waals surface area contributed by atoms with Crippen molar-refractivity contribution < 1.29 is 4.79 Å². The smallest absolute Gasteiger partial charge is 0.255 e. The molecule has 0 fully saturated rings. The Hall–Kier alpha value is -2.66. The van der Waals surface area contributed by atoms with E-state index in [0.717, 1.165) is 5.56 Å². The largest absolute Gasteiger partial charge is 0.322 e. The average Bonchev–Trinajstić information content (AvgIpc) is 3.02. The fraction of sp³-hybridized carbons (Fsp3) is 0. The molecule has 0 atom stereocenters. The lowest BCUT2D eigenvalue weighted by molar-refractivity contribution is 0.102. The van der Waals surface area contributed by atoms with Gasteiger partial charge >= 0.3 is 0 Å². The van der Waals surface area contributed by atoms with Crippen LogP contribution in [0.1, 0.15) is 10.4 Å². The maximum Gasteiger partial charge on any atom is 0.255 e. The van der Waals surface area contributed by atoms with E-state index in [-0.39, 0.29) is 5.91 Å². The molecule has 6 heteroatoms. The van der Waals surface area contributed by atoms with Gasteiger partial charge in [0.2, 0.25) is 0 Å². The van der Waals surface area contributed by atoms with Gasteiger partial charge in [-0.15, -0.1) is 0 Å². The number of hydrogen-bond donors (Lipinski definition) is 2. The van der Waals surface area contributed by atoms with Crippen molar-refractivity contribution >= 4 is 23.2 Å². The molecular weight excluding hydrogens is 288 g/mol. The number of aromatic nitrogens is 3. The van der Waals surface area contributed by atoms with Crippen LogP contribution in [0.25, 0.3) is 11.4 Å². The highest BCUT2D eigenvalue weighted by Gasteiger charge is 2.08. The quantitative estimate of drug-likeness (QED) is 0.778. The molecule has 3 rings (SSSR count). The normalized spacial score (nSPS) is 10.3. The van der Waals surface area contributed by atoms with E-state index in [9.17, 15) is 4.79 Å². The van der Waals surface area contributed by atoms with Gasteiger partial charge in [-0.2, -0.15) is 5.10 Å². The van der Waals surface area contributed by atoms with E-state index in [2.05, 4.69) is 20.5 Å². The summed E-state index contributed by atoms with van der Waals surface area (Å²) in [5, 5.41) is 9.94. The summed E-state index contributed by atoms with van der Waals surface area (Å²) in [4.78, 5) is 16.2. The molecule has 2 aromatic carbocycles. The molecule has 0 saturated heterocycles. The van der Waals surface area contributed by atoms with Gasteiger partial charge in [-0.1, -0.05) is 29.8 Å². The number of halogens is 1. The van der Waals surface area contributed by atoms with Gasteiger partial charge in [0, 0.05) is 21.8 Å². The molecule has 0 spiro atoms. The molecular formula is C15H11ClN4O. The minimum absolute atomic E-state index is 0.216. The van der Waals surface area contributed by atoms with E-state index in [1.165, 1.54) is 6.33 Å². The lowest BCUT2D eigenvalue weighted by atomic mass is 10.1. The number of carbonyl (C=O) groups excluding carboxylic acids is 1. The molecule has 1 heterocycles. The Morgan fingerprint density at radius 2 is 2.00 bits per heavy atom. The predicted octanol–water partition coefficient (Wildman–Crippen LogP) is 3.38. The lowest BCUT2D eigenvalue weighted by Crippen LogP contribution is -2.11. The van der Waals surface area contributed by atoms with Crippen molar-refractivity contribution in [1.29, 1.82) is 0 Å². The predicted molar refractivity (Wildman–Crippen MR) is 81.2 cm³/mol. The van der Waals surface area contributed by atoms with Crippen molar-refractivity contribution in [3.63, 3.8) is 0 Å². The maximum atomic E-state index is 12.2. The minimum Gasteiger partial charge on any atom is -0.322 e. The van der Waals surface area contributed by atoms with Gasteiger partial charge in [0.15, 0.2) is 5.82 Å². The van der Waals surface area contributed by atoms with Gasteiger partial charge in [0.1, 0.15) is 6.33 Å². The van der Waals surface area contributed by atoms with Gasteiger partial charge in [0.05, 0.1) is 0 Å². The standard InChI is InChI=1S/C15H11ClN4O/c16-12-5-1-4-11(7-12)15(21)19-13-6-2-3-10(8-13)14-17-9-18-20-14/h1-9H,(H,19,21)(H,17,18,20). The van der Waals surface area contributed by atoms with Crippen molar-refractivity contribution in [3.8, 4) is 11.4 Å². The Morgan fingerprint density at radius 1 is 1.14 bits per heavy atom. The second-order valence-corrected chi connectivity index (χ2v) is 4.82. The fourth-order valence-corrected chi connectivity index (χ4v) is 2.11. The summed E-state index contributed by atoms with van der Waals surface area (Å²) >= 11 is 5.89. The van der Waals surface area contributed by atoms with Crippen molar-refractivity contribution in [3.05, 3.63) is 65.4 Å². The van der Waals surface area contributed by atoms with Gasteiger partial charge in [-0.3, -0.25) is 9.89 Å². The fourth-order valence-electron chi connectivity index (χ4n) is 1.92. The van der Waals surface area contributed by atoms with Crippen LogP contribution in [0.4, 0.5) is 5.69 Å². The van der Waals surface area contributed by atoms with Crippen molar-refractivity contribution in [2.24, 2.45) is 0 Å². The highest BCUT2D eigenvalue weighted by Crippen LogP contribution is 2.19. The first-order valence-electron chi connectivity index (χ1n) is 6.25. The number of benzene rings is 2. The van der Waals surface area contributed by atoms with Crippen LogP contribution in [-0.4, -0.2) is 21.1 Å². The summed E-state index contributed by atoms with van der Waals surface area (Å²) in [6.45, 7) is 0. The number of amides is 1. The van der Waals surface area contributed by atoms with Crippen molar-refractivity contribution in [1.82, 2.24) is 15.2 Å². The molecule has 0 aliphatic rings. The number of nitrogens with one attached hydrogen (secondary N) is 2. The van der Waals surface area contributed by atoms with Crippen molar-refractivity contribution in [2.45, 2.75) is 0 Å². The minimum atomic E-state index is -0.216. The van der Waals surface area contributed by atoms with Crippen LogP contribution in [0.5, 0.6) is 0 Å². The summed E-state index contributed by atoms with van der Waals surface area (Å²) in [5.74, 6) is 0.432. The number of anilines is 1. The van der Waals surface area contributed by atoms with E-state index in [1.807, 2.05) is 24.3 Å². The molecule has 21 heavy (non-hydrogen) atoms. The van der Waals surface area contributed by atoms with Crippen LogP contribution in [0.2, 0.25) is 5.02 Å². The van der Waals surface area contributed by atoms with Gasteiger partial charge < -0.3 is 5.32 Å². The molecule has 0 radical (unpaired) electrons. The molecule has 0 saturated carbocycles. The number of aromatic amines is 1. The molecule has 1 aromatic heterocycles. The van der Waals surface area contributed by atoms with Gasteiger partial charge in [-0.25, -0.2) is 4.98 Å². The zero-order valence-electron chi connectivity index (χ0n) is 10.9. The zero-order chi connectivity index (χ0) is 14.7. The van der Waals surface area contributed by atoms with Crippen molar-refractivity contribution in [2.75, 3.05) is 5.32 Å². The average molecular weight is 299 g/mol. The van der Waals surface area contributed by atoms with E-state index >= 15 is 0 Å². The first-order valence-corrected chi connectivity index (χ1v) is 6.63. The third-order valence-electron chi connectivity index (χ3n) is 2.90. The number of carbonyl (C=O) groups is 1. The number of rotatable bonds is 3. The highest BCUT2D eigenvalue weighted by molar-refractivity contribution is 6.31. The van der Waals surface area contributed by atoms with E-state index < -0.39 is 0 Å². The molecule has 0 unspecified atom stereocenters. The van der Waals surface area contributed by atoms with E-state index in [4.69, 9.17) is 11.6 Å². The monoisotopic (exact) mass is 298 g/mol. The summed E-state index contributed by atoms with van der Waals surface area (Å²) in [7, 11) is 0. The summed E-state index contributed by atoms with van der Waals surface area (Å²) in [6, 6.07) is 14.1. The van der Waals surface area contributed by atoms with Crippen LogP contribution in [0.15, 0.2) is 54.9 Å². The second-order valence-electron chi connectivity index (χ2n) is 4.38. The zero-order valence-corrected chi connectivity index (χ0v) is 11.6. The summed E-state index contributed by atoms with van der Waals surface area (Å²) in [5.41, 5.74) is 2.03. The second kappa shape index (κ2) is 5.76. The molecule has 0 bridgehead atoms. The van der Waals surface area contributed by atoms with Gasteiger partial charge in [-0.05, 0) is 30.3 Å². The number of H-pyrrole nitrogens is 1. The summed E-state index contributed by atoms with van der Waals surface area (Å²) in [6.07, 6.45) is 1.44. The topological polar surface area (TPSA) is 70.7 Å². The molecule has 3 aromatic rings. The van der Waals surface area contributed by atoms with E-state index in [0.29, 0.717) is 22.1 Å². The molecule has 104 valence electrons. The van der Waals surface area contributed by atoms with Crippen LogP contribution in [0.3, 0.4) is 0 Å². The molecule has 1 amide bonds. The number of hydrogen-bond acceptors (Lipinski definition) is 3. The summed E-state index contributed by atoms with van der Waals surface area (Å²) < 4.78 is 0.